The highest BCUT2D eigenvalue weighted by molar-refractivity contribution is 5.81. The lowest BCUT2D eigenvalue weighted by Gasteiger charge is -2.41. The summed E-state index contributed by atoms with van der Waals surface area (Å²) in [7, 11) is 1.84. The molecule has 1 spiro atoms. The molecule has 0 aliphatic carbocycles. The SMILES string of the molecule is CN=C(NCC1CN(CC(C)C)CCO1)N1CCCC2(CNC(=O)C2)C1. The Morgan fingerprint density at radius 2 is 2.31 bits per heavy atom. The number of guanidine groups is 1. The van der Waals surface area contributed by atoms with Crippen LogP contribution in [0.15, 0.2) is 4.99 Å². The molecule has 26 heavy (non-hydrogen) atoms. The Bertz CT molecular complexity index is 524. The van der Waals surface area contributed by atoms with Crippen LogP contribution in [-0.4, -0.2) is 87.2 Å². The summed E-state index contributed by atoms with van der Waals surface area (Å²) in [5, 5.41) is 6.53. The van der Waals surface area contributed by atoms with E-state index in [1.54, 1.807) is 0 Å². The molecule has 0 bridgehead atoms. The normalized spacial score (nSPS) is 30.9. The summed E-state index contributed by atoms with van der Waals surface area (Å²) in [4.78, 5) is 21.0. The number of piperidine rings is 1. The molecule has 0 aromatic heterocycles. The van der Waals surface area contributed by atoms with Gasteiger partial charge >= 0.3 is 0 Å². The first-order valence-electron chi connectivity index (χ1n) is 10.1. The number of hydrogen-bond acceptors (Lipinski definition) is 4. The van der Waals surface area contributed by atoms with Gasteiger partial charge in [-0.15, -0.1) is 0 Å². The van der Waals surface area contributed by atoms with Crippen LogP contribution in [0.1, 0.15) is 33.1 Å². The summed E-state index contributed by atoms with van der Waals surface area (Å²) in [5.74, 6) is 1.81. The molecule has 0 saturated carbocycles. The van der Waals surface area contributed by atoms with Gasteiger partial charge in [-0.05, 0) is 18.8 Å². The largest absolute Gasteiger partial charge is 0.374 e. The lowest BCUT2D eigenvalue weighted by molar-refractivity contribution is -0.119. The molecule has 2 unspecified atom stereocenters. The second-order valence-electron chi connectivity index (χ2n) is 8.55. The molecule has 3 fully saturated rings. The maximum Gasteiger partial charge on any atom is 0.220 e. The predicted octanol–water partition coefficient (Wildman–Crippen LogP) is 0.521. The van der Waals surface area contributed by atoms with Crippen molar-refractivity contribution in [2.45, 2.75) is 39.2 Å². The molecule has 2 N–H and O–H groups in total. The summed E-state index contributed by atoms with van der Waals surface area (Å²) in [6.45, 7) is 11.9. The highest BCUT2D eigenvalue weighted by atomic mass is 16.5. The number of hydrogen-bond donors (Lipinski definition) is 2. The van der Waals surface area contributed by atoms with E-state index < -0.39 is 0 Å². The standard InChI is InChI=1S/C19H35N5O2/c1-15(2)11-23-7-8-26-16(12-23)10-21-18(20-3)24-6-4-5-19(14-24)9-17(25)22-13-19/h15-16H,4-14H2,1-3H3,(H,20,21)(H,22,25). The number of nitrogens with zero attached hydrogens (tertiary/aromatic N) is 3. The first-order valence-corrected chi connectivity index (χ1v) is 10.1. The van der Waals surface area contributed by atoms with Crippen LogP contribution in [0.25, 0.3) is 0 Å². The zero-order valence-electron chi connectivity index (χ0n) is 16.6. The van der Waals surface area contributed by atoms with Crippen molar-refractivity contribution < 1.29 is 9.53 Å². The highest BCUT2D eigenvalue weighted by Crippen LogP contribution is 2.35. The third-order valence-corrected chi connectivity index (χ3v) is 5.70. The van der Waals surface area contributed by atoms with Gasteiger partial charge in [0.05, 0.1) is 12.7 Å². The van der Waals surface area contributed by atoms with E-state index in [0.717, 1.165) is 71.2 Å². The Labute approximate surface area is 157 Å². The van der Waals surface area contributed by atoms with Gasteiger partial charge in [0.15, 0.2) is 5.96 Å². The number of likely N-dealkylation sites (tertiary alicyclic amines) is 1. The van der Waals surface area contributed by atoms with E-state index >= 15 is 0 Å². The lowest BCUT2D eigenvalue weighted by atomic mass is 9.79. The molecule has 7 nitrogen and oxygen atoms in total. The summed E-state index contributed by atoms with van der Waals surface area (Å²) >= 11 is 0. The van der Waals surface area contributed by atoms with E-state index in [-0.39, 0.29) is 17.4 Å². The number of ether oxygens (including phenoxy) is 1. The van der Waals surface area contributed by atoms with E-state index in [2.05, 4.69) is 39.3 Å². The van der Waals surface area contributed by atoms with Gasteiger partial charge in [-0.1, -0.05) is 13.8 Å². The second kappa shape index (κ2) is 8.57. The second-order valence-corrected chi connectivity index (χ2v) is 8.55. The van der Waals surface area contributed by atoms with E-state index in [0.29, 0.717) is 12.3 Å². The average molecular weight is 366 g/mol. The van der Waals surface area contributed by atoms with Gasteiger partial charge in [-0.25, -0.2) is 0 Å². The number of morpholine rings is 1. The molecule has 3 aliphatic heterocycles. The monoisotopic (exact) mass is 365 g/mol. The fourth-order valence-corrected chi connectivity index (χ4v) is 4.55. The Morgan fingerprint density at radius 1 is 1.46 bits per heavy atom. The number of carbonyl (C=O) groups is 1. The Hall–Kier alpha value is -1.34. The van der Waals surface area contributed by atoms with Crippen molar-refractivity contribution in [2.75, 3.05) is 59.5 Å². The Morgan fingerprint density at radius 3 is 3.00 bits per heavy atom. The number of rotatable bonds is 4. The van der Waals surface area contributed by atoms with Gasteiger partial charge in [0, 0.05) is 64.7 Å². The number of carbonyl (C=O) groups excluding carboxylic acids is 1. The average Bonchev–Trinajstić information content (AvgIpc) is 2.95. The zero-order chi connectivity index (χ0) is 18.6. The van der Waals surface area contributed by atoms with E-state index in [1.807, 2.05) is 7.05 Å². The first kappa shape index (κ1) is 19.4. The molecular formula is C19H35N5O2. The van der Waals surface area contributed by atoms with Gasteiger partial charge in [-0.2, -0.15) is 0 Å². The molecule has 7 heteroatoms. The molecular weight excluding hydrogens is 330 g/mol. The summed E-state index contributed by atoms with van der Waals surface area (Å²) in [6, 6.07) is 0. The van der Waals surface area contributed by atoms with Crippen molar-refractivity contribution in [3.8, 4) is 0 Å². The molecule has 3 saturated heterocycles. The van der Waals surface area contributed by atoms with Gasteiger partial charge in [0.25, 0.3) is 0 Å². The van der Waals surface area contributed by atoms with E-state index in [9.17, 15) is 4.79 Å². The fourth-order valence-electron chi connectivity index (χ4n) is 4.55. The number of amides is 1. The van der Waals surface area contributed by atoms with Gasteiger partial charge in [-0.3, -0.25) is 14.7 Å². The molecule has 3 rings (SSSR count). The zero-order valence-corrected chi connectivity index (χ0v) is 16.6. The summed E-state index contributed by atoms with van der Waals surface area (Å²) < 4.78 is 5.95. The predicted molar refractivity (Wildman–Crippen MR) is 103 cm³/mol. The topological polar surface area (TPSA) is 69.2 Å². The molecule has 3 aliphatic rings. The first-order chi connectivity index (χ1) is 12.5. The van der Waals surface area contributed by atoms with Gasteiger partial charge in [0.2, 0.25) is 5.91 Å². The van der Waals surface area contributed by atoms with E-state index in [4.69, 9.17) is 4.74 Å². The minimum absolute atomic E-state index is 0.0857. The van der Waals surface area contributed by atoms with Crippen molar-refractivity contribution >= 4 is 11.9 Å². The molecule has 148 valence electrons. The molecule has 2 atom stereocenters. The lowest BCUT2D eigenvalue weighted by Crippen LogP contribution is -2.54. The molecule has 0 aromatic carbocycles. The molecule has 3 heterocycles. The van der Waals surface area contributed by atoms with E-state index in [1.165, 1.54) is 0 Å². The van der Waals surface area contributed by atoms with Crippen LogP contribution >= 0.6 is 0 Å². The molecule has 0 aromatic rings. The van der Waals surface area contributed by atoms with Crippen molar-refractivity contribution in [3.05, 3.63) is 0 Å². The van der Waals surface area contributed by atoms with Crippen LogP contribution in [0.5, 0.6) is 0 Å². The van der Waals surface area contributed by atoms with Crippen LogP contribution in [0.4, 0.5) is 0 Å². The third kappa shape index (κ3) is 4.88. The highest BCUT2D eigenvalue weighted by Gasteiger charge is 2.42. The van der Waals surface area contributed by atoms with Crippen LogP contribution < -0.4 is 10.6 Å². The quantitative estimate of drug-likeness (QED) is 0.562. The Kier molecular flexibility index (Phi) is 6.40. The van der Waals surface area contributed by atoms with Crippen LogP contribution in [0, 0.1) is 11.3 Å². The van der Waals surface area contributed by atoms with Gasteiger partial charge in [0.1, 0.15) is 0 Å². The Balaban J connectivity index is 1.51. The molecule has 0 radical (unpaired) electrons. The van der Waals surface area contributed by atoms with Crippen molar-refractivity contribution in [2.24, 2.45) is 16.3 Å². The smallest absolute Gasteiger partial charge is 0.220 e. The minimum atomic E-state index is 0.0857. The van der Waals surface area contributed by atoms with Crippen LogP contribution in [0.2, 0.25) is 0 Å². The summed E-state index contributed by atoms with van der Waals surface area (Å²) in [5.41, 5.74) is 0.0857. The van der Waals surface area contributed by atoms with Crippen molar-refractivity contribution in [1.82, 2.24) is 20.4 Å². The number of nitrogens with one attached hydrogen (secondary N) is 2. The minimum Gasteiger partial charge on any atom is -0.374 e. The third-order valence-electron chi connectivity index (χ3n) is 5.70. The van der Waals surface area contributed by atoms with Crippen LogP contribution in [0.3, 0.4) is 0 Å². The van der Waals surface area contributed by atoms with Crippen molar-refractivity contribution in [1.29, 1.82) is 0 Å². The summed E-state index contributed by atoms with van der Waals surface area (Å²) in [6.07, 6.45) is 3.08. The molecule has 1 amide bonds. The van der Waals surface area contributed by atoms with Crippen LogP contribution in [-0.2, 0) is 9.53 Å². The fraction of sp³-hybridized carbons (Fsp3) is 0.895. The maximum absolute atomic E-state index is 11.7. The van der Waals surface area contributed by atoms with Gasteiger partial charge < -0.3 is 20.3 Å². The number of aliphatic imine (C=N–C) groups is 1. The maximum atomic E-state index is 11.7. The van der Waals surface area contributed by atoms with Crippen molar-refractivity contribution in [3.63, 3.8) is 0 Å².